The Morgan fingerprint density at radius 3 is 2.38 bits per heavy atom. The number of aliphatic hydroxyl groups excluding tert-OH is 1. The number of aliphatic hydroxyl groups is 1. The zero-order valence-corrected chi connectivity index (χ0v) is 13.6. The third-order valence-electron chi connectivity index (χ3n) is 3.55. The Morgan fingerprint density at radius 2 is 1.81 bits per heavy atom. The molecule has 0 saturated carbocycles. The Labute approximate surface area is 144 Å². The Hall–Kier alpha value is -2.11. The van der Waals surface area contributed by atoms with Crippen molar-refractivity contribution < 1.29 is 31.4 Å². The van der Waals surface area contributed by atoms with E-state index in [-0.39, 0.29) is 5.82 Å². The first-order valence-corrected chi connectivity index (χ1v) is 7.73. The van der Waals surface area contributed by atoms with Crippen LogP contribution in [0.3, 0.4) is 0 Å². The summed E-state index contributed by atoms with van der Waals surface area (Å²) in [6.07, 6.45) is -6.95. The van der Waals surface area contributed by atoms with Gasteiger partial charge in [-0.2, -0.15) is 41.3 Å². The van der Waals surface area contributed by atoms with Gasteiger partial charge in [0.1, 0.15) is 12.6 Å². The highest BCUT2D eigenvalue weighted by Crippen LogP contribution is 2.27. The summed E-state index contributed by atoms with van der Waals surface area (Å²) < 4.78 is 75.2. The maximum absolute atomic E-state index is 12.7. The van der Waals surface area contributed by atoms with Gasteiger partial charge in [0, 0.05) is 0 Å². The van der Waals surface area contributed by atoms with Gasteiger partial charge in [-0.25, -0.2) is 0 Å². The molecule has 0 aliphatic heterocycles. The summed E-state index contributed by atoms with van der Waals surface area (Å²) >= 11 is 0. The molecule has 1 heterocycles. The Balaban J connectivity index is 2.32. The fraction of sp³-hybridized carbons (Fsp3) is 0.643. The molecule has 0 fully saturated rings. The quantitative estimate of drug-likeness (QED) is 0.676. The van der Waals surface area contributed by atoms with E-state index in [0.717, 1.165) is 6.92 Å². The lowest BCUT2D eigenvalue weighted by atomic mass is 9.97. The van der Waals surface area contributed by atoms with Crippen LogP contribution in [0.1, 0.15) is 32.0 Å². The maximum atomic E-state index is 12.7. The number of aromatic nitrogens is 3. The van der Waals surface area contributed by atoms with Crippen molar-refractivity contribution in [2.45, 2.75) is 50.7 Å². The van der Waals surface area contributed by atoms with Crippen LogP contribution >= 0.6 is 0 Å². The molecule has 1 aliphatic rings. The summed E-state index contributed by atoms with van der Waals surface area (Å²) in [6.45, 7) is -0.623. The second kappa shape index (κ2) is 7.64. The predicted octanol–water partition coefficient (Wildman–Crippen LogP) is 3.14. The van der Waals surface area contributed by atoms with E-state index in [4.69, 9.17) is 0 Å². The first kappa shape index (κ1) is 20.2. The molecule has 2 rings (SSSR count). The molecular weight excluding hydrogens is 368 g/mol. The van der Waals surface area contributed by atoms with E-state index in [1.54, 1.807) is 0 Å². The fourth-order valence-corrected chi connectivity index (χ4v) is 2.20. The van der Waals surface area contributed by atoms with E-state index in [1.807, 2.05) is 10.6 Å². The molecule has 0 amide bonds. The monoisotopic (exact) mass is 385 g/mol. The van der Waals surface area contributed by atoms with Crippen LogP contribution in [0, 0.1) is 0 Å². The molecule has 0 bridgehead atoms. The van der Waals surface area contributed by atoms with Crippen LogP contribution in [0.2, 0.25) is 0 Å². The van der Waals surface area contributed by atoms with E-state index in [2.05, 4.69) is 15.0 Å². The fourth-order valence-electron chi connectivity index (χ4n) is 2.20. The molecule has 26 heavy (non-hydrogen) atoms. The summed E-state index contributed by atoms with van der Waals surface area (Å²) in [5, 5.41) is 13.6. The average molecular weight is 385 g/mol. The number of hydrogen-bond donors (Lipinski definition) is 3. The molecule has 146 valence electrons. The van der Waals surface area contributed by atoms with Crippen LogP contribution in [0.4, 0.5) is 38.2 Å². The minimum atomic E-state index is -4.59. The SMILES string of the molecule is C[C@@H](Nc1nc(NCC(F)(F)F)nc(C2=CC(O)CCC2)n1)C(F)(F)F. The smallest absolute Gasteiger partial charge is 0.389 e. The molecule has 0 aromatic carbocycles. The Bertz CT molecular complexity index is 660. The van der Waals surface area contributed by atoms with E-state index in [0.29, 0.717) is 24.8 Å². The number of nitrogens with one attached hydrogen (secondary N) is 2. The molecule has 1 aliphatic carbocycles. The number of rotatable bonds is 5. The maximum Gasteiger partial charge on any atom is 0.408 e. The molecule has 0 spiro atoms. The lowest BCUT2D eigenvalue weighted by Gasteiger charge is -2.20. The Kier molecular flexibility index (Phi) is 5.94. The lowest BCUT2D eigenvalue weighted by molar-refractivity contribution is -0.138. The molecule has 3 N–H and O–H groups in total. The standard InChI is InChI=1S/C14H17F6N5O/c1-7(14(18,19)20)22-12-24-10(8-3-2-4-9(26)5-8)23-11(25-12)21-6-13(15,16)17/h5,7,9,26H,2-4,6H2,1H3,(H2,21,22,23,24,25)/t7-,9?/m1/s1. The molecular formula is C14H17F6N5O. The van der Waals surface area contributed by atoms with Crippen molar-refractivity contribution in [3.8, 4) is 0 Å². The first-order chi connectivity index (χ1) is 11.9. The van der Waals surface area contributed by atoms with Crippen molar-refractivity contribution in [2.24, 2.45) is 0 Å². The van der Waals surface area contributed by atoms with Crippen LogP contribution < -0.4 is 10.6 Å². The van der Waals surface area contributed by atoms with Gasteiger partial charge in [-0.05, 0) is 37.8 Å². The molecule has 1 unspecified atom stereocenters. The zero-order chi connectivity index (χ0) is 19.5. The summed E-state index contributed by atoms with van der Waals surface area (Å²) in [5.41, 5.74) is 0.434. The molecule has 1 aromatic rings. The normalized spacial score (nSPS) is 19.7. The highest BCUT2D eigenvalue weighted by atomic mass is 19.4. The number of allylic oxidation sites excluding steroid dienone is 1. The van der Waals surface area contributed by atoms with Gasteiger partial charge < -0.3 is 15.7 Å². The van der Waals surface area contributed by atoms with Gasteiger partial charge in [-0.1, -0.05) is 0 Å². The molecule has 2 atom stereocenters. The van der Waals surface area contributed by atoms with Gasteiger partial charge in [-0.3, -0.25) is 0 Å². The van der Waals surface area contributed by atoms with Gasteiger partial charge in [0.2, 0.25) is 11.9 Å². The van der Waals surface area contributed by atoms with Crippen molar-refractivity contribution in [3.63, 3.8) is 0 Å². The molecule has 0 saturated heterocycles. The van der Waals surface area contributed by atoms with E-state index in [9.17, 15) is 31.4 Å². The molecule has 12 heteroatoms. The summed E-state index contributed by atoms with van der Waals surface area (Å²) in [7, 11) is 0. The zero-order valence-electron chi connectivity index (χ0n) is 13.6. The van der Waals surface area contributed by atoms with Gasteiger partial charge in [-0.15, -0.1) is 0 Å². The van der Waals surface area contributed by atoms with Crippen LogP contribution in [0.15, 0.2) is 6.08 Å². The number of anilines is 2. The van der Waals surface area contributed by atoms with Gasteiger partial charge in [0.15, 0.2) is 5.82 Å². The third-order valence-corrected chi connectivity index (χ3v) is 3.55. The summed E-state index contributed by atoms with van der Waals surface area (Å²) in [6, 6.07) is -2.01. The number of halogens is 6. The highest BCUT2D eigenvalue weighted by molar-refractivity contribution is 5.63. The minimum absolute atomic E-state index is 0.0831. The van der Waals surface area contributed by atoms with Gasteiger partial charge in [0.05, 0.1) is 6.10 Å². The predicted molar refractivity (Wildman–Crippen MR) is 81.3 cm³/mol. The summed E-state index contributed by atoms with van der Waals surface area (Å²) in [4.78, 5) is 11.3. The van der Waals surface area contributed by atoms with Crippen LogP contribution in [-0.4, -0.2) is 51.1 Å². The van der Waals surface area contributed by atoms with Gasteiger partial charge >= 0.3 is 12.4 Å². The average Bonchev–Trinajstić information content (AvgIpc) is 2.51. The van der Waals surface area contributed by atoms with Crippen molar-refractivity contribution in [1.29, 1.82) is 0 Å². The topological polar surface area (TPSA) is 83.0 Å². The van der Waals surface area contributed by atoms with Crippen molar-refractivity contribution in [2.75, 3.05) is 17.2 Å². The second-order valence-corrected chi connectivity index (χ2v) is 5.83. The molecule has 1 aromatic heterocycles. The number of hydrogen-bond acceptors (Lipinski definition) is 6. The lowest BCUT2D eigenvalue weighted by Crippen LogP contribution is -2.34. The first-order valence-electron chi connectivity index (χ1n) is 7.73. The third kappa shape index (κ3) is 6.00. The van der Waals surface area contributed by atoms with Crippen molar-refractivity contribution >= 4 is 17.5 Å². The van der Waals surface area contributed by atoms with Crippen LogP contribution in [0.5, 0.6) is 0 Å². The molecule has 6 nitrogen and oxygen atoms in total. The number of nitrogens with zero attached hydrogens (tertiary/aromatic N) is 3. The Morgan fingerprint density at radius 1 is 1.15 bits per heavy atom. The van der Waals surface area contributed by atoms with E-state index in [1.165, 1.54) is 6.08 Å². The van der Waals surface area contributed by atoms with Crippen LogP contribution in [-0.2, 0) is 0 Å². The van der Waals surface area contributed by atoms with E-state index < -0.39 is 42.9 Å². The molecule has 0 radical (unpaired) electrons. The van der Waals surface area contributed by atoms with Crippen LogP contribution in [0.25, 0.3) is 5.57 Å². The highest BCUT2D eigenvalue weighted by Gasteiger charge is 2.36. The summed E-state index contributed by atoms with van der Waals surface area (Å²) in [5.74, 6) is -1.10. The number of alkyl halides is 6. The minimum Gasteiger partial charge on any atom is -0.389 e. The van der Waals surface area contributed by atoms with Crippen molar-refractivity contribution in [3.05, 3.63) is 11.9 Å². The van der Waals surface area contributed by atoms with Gasteiger partial charge in [0.25, 0.3) is 0 Å². The second-order valence-electron chi connectivity index (χ2n) is 5.83. The van der Waals surface area contributed by atoms with Crippen molar-refractivity contribution in [1.82, 2.24) is 15.0 Å². The largest absolute Gasteiger partial charge is 0.408 e. The van der Waals surface area contributed by atoms with E-state index >= 15 is 0 Å².